The second-order valence-electron chi connectivity index (χ2n) is 4.16. The summed E-state index contributed by atoms with van der Waals surface area (Å²) in [6.07, 6.45) is 0.753. The standard InChI is InChI=1S/C13H16ClN3O/c1-4-12-16-11(14)7-13(17-12)15-9(3)10-6-5-8(2)18-10/h5-7,9H,4H2,1-3H3,(H,15,16,17). The SMILES string of the molecule is CCc1nc(Cl)cc(NC(C)c2ccc(C)o2)n1. The fourth-order valence-corrected chi connectivity index (χ4v) is 1.88. The van der Waals surface area contributed by atoms with Gasteiger partial charge in [-0.05, 0) is 26.0 Å². The van der Waals surface area contributed by atoms with E-state index in [0.717, 1.165) is 23.8 Å². The maximum absolute atomic E-state index is 5.95. The molecule has 0 spiro atoms. The van der Waals surface area contributed by atoms with Gasteiger partial charge in [-0.1, -0.05) is 18.5 Å². The normalized spacial score (nSPS) is 12.4. The molecule has 0 aliphatic rings. The average molecular weight is 266 g/mol. The van der Waals surface area contributed by atoms with E-state index in [-0.39, 0.29) is 6.04 Å². The monoisotopic (exact) mass is 265 g/mol. The van der Waals surface area contributed by atoms with E-state index in [9.17, 15) is 0 Å². The number of anilines is 1. The highest BCUT2D eigenvalue weighted by Crippen LogP contribution is 2.21. The highest BCUT2D eigenvalue weighted by Gasteiger charge is 2.11. The summed E-state index contributed by atoms with van der Waals surface area (Å²) in [6.45, 7) is 5.93. The molecule has 0 saturated heterocycles. The molecule has 0 fully saturated rings. The summed E-state index contributed by atoms with van der Waals surface area (Å²) in [6, 6.07) is 5.65. The van der Waals surface area contributed by atoms with Crippen molar-refractivity contribution in [3.63, 3.8) is 0 Å². The lowest BCUT2D eigenvalue weighted by atomic mass is 10.2. The molecule has 0 aliphatic heterocycles. The van der Waals surface area contributed by atoms with Crippen LogP contribution in [0.25, 0.3) is 0 Å². The van der Waals surface area contributed by atoms with E-state index in [1.807, 2.05) is 32.9 Å². The van der Waals surface area contributed by atoms with Crippen LogP contribution in [-0.2, 0) is 6.42 Å². The number of hydrogen-bond donors (Lipinski definition) is 1. The Labute approximate surface area is 111 Å². The van der Waals surface area contributed by atoms with Crippen molar-refractivity contribution in [2.75, 3.05) is 5.32 Å². The van der Waals surface area contributed by atoms with Gasteiger partial charge in [0.2, 0.25) is 0 Å². The van der Waals surface area contributed by atoms with Gasteiger partial charge in [-0.2, -0.15) is 0 Å². The first-order valence-electron chi connectivity index (χ1n) is 5.95. The summed E-state index contributed by atoms with van der Waals surface area (Å²) < 4.78 is 5.57. The summed E-state index contributed by atoms with van der Waals surface area (Å²) in [4.78, 5) is 8.50. The van der Waals surface area contributed by atoms with Crippen molar-refractivity contribution in [1.29, 1.82) is 0 Å². The number of furan rings is 1. The molecule has 4 nitrogen and oxygen atoms in total. The molecule has 5 heteroatoms. The number of aryl methyl sites for hydroxylation is 2. The lowest BCUT2D eigenvalue weighted by Gasteiger charge is -2.12. The third-order valence-corrected chi connectivity index (χ3v) is 2.80. The topological polar surface area (TPSA) is 51.0 Å². The third kappa shape index (κ3) is 3.01. The molecule has 0 bridgehead atoms. The Balaban J connectivity index is 2.16. The van der Waals surface area contributed by atoms with E-state index in [1.54, 1.807) is 6.07 Å². The zero-order valence-electron chi connectivity index (χ0n) is 10.7. The molecule has 1 atom stereocenters. The molecule has 96 valence electrons. The van der Waals surface area contributed by atoms with Crippen molar-refractivity contribution in [1.82, 2.24) is 9.97 Å². The Morgan fingerprint density at radius 1 is 1.39 bits per heavy atom. The van der Waals surface area contributed by atoms with Gasteiger partial charge in [-0.3, -0.25) is 0 Å². The molecule has 2 aromatic heterocycles. The van der Waals surface area contributed by atoms with Gasteiger partial charge in [0.1, 0.15) is 28.3 Å². The quantitative estimate of drug-likeness (QED) is 0.855. The first kappa shape index (κ1) is 12.9. The molecule has 1 unspecified atom stereocenters. The fraction of sp³-hybridized carbons (Fsp3) is 0.385. The molecule has 2 heterocycles. The van der Waals surface area contributed by atoms with E-state index >= 15 is 0 Å². The summed E-state index contributed by atoms with van der Waals surface area (Å²) in [5, 5.41) is 3.71. The fourth-order valence-electron chi connectivity index (χ4n) is 1.68. The molecular formula is C13H16ClN3O. The van der Waals surface area contributed by atoms with Crippen molar-refractivity contribution in [3.8, 4) is 0 Å². The Hall–Kier alpha value is -1.55. The summed E-state index contributed by atoms with van der Waals surface area (Å²) in [7, 11) is 0. The van der Waals surface area contributed by atoms with Crippen LogP contribution in [-0.4, -0.2) is 9.97 Å². The molecule has 18 heavy (non-hydrogen) atoms. The van der Waals surface area contributed by atoms with Gasteiger partial charge in [0.25, 0.3) is 0 Å². The Morgan fingerprint density at radius 3 is 2.78 bits per heavy atom. The number of halogens is 1. The van der Waals surface area contributed by atoms with Crippen molar-refractivity contribution in [2.45, 2.75) is 33.2 Å². The number of aromatic nitrogens is 2. The predicted octanol–water partition coefficient (Wildman–Crippen LogP) is 3.77. The largest absolute Gasteiger partial charge is 0.464 e. The van der Waals surface area contributed by atoms with Crippen LogP contribution in [0.2, 0.25) is 5.15 Å². The summed E-state index contributed by atoms with van der Waals surface area (Å²) >= 11 is 5.95. The van der Waals surface area contributed by atoms with E-state index in [2.05, 4.69) is 15.3 Å². The molecule has 2 rings (SSSR count). The number of hydrogen-bond acceptors (Lipinski definition) is 4. The number of nitrogens with zero attached hydrogens (tertiary/aromatic N) is 2. The van der Waals surface area contributed by atoms with Crippen LogP contribution >= 0.6 is 11.6 Å². The predicted molar refractivity (Wildman–Crippen MR) is 71.9 cm³/mol. The molecule has 0 amide bonds. The molecule has 0 aliphatic carbocycles. The third-order valence-electron chi connectivity index (χ3n) is 2.61. The summed E-state index contributed by atoms with van der Waals surface area (Å²) in [5.41, 5.74) is 0. The average Bonchev–Trinajstić information content (AvgIpc) is 2.75. The minimum Gasteiger partial charge on any atom is -0.464 e. The number of rotatable bonds is 4. The highest BCUT2D eigenvalue weighted by molar-refractivity contribution is 6.29. The number of nitrogens with one attached hydrogen (secondary N) is 1. The van der Waals surface area contributed by atoms with Gasteiger partial charge in [-0.25, -0.2) is 9.97 Å². The minimum atomic E-state index is 0.0365. The van der Waals surface area contributed by atoms with Crippen molar-refractivity contribution in [3.05, 3.63) is 40.7 Å². The van der Waals surface area contributed by atoms with Crippen LogP contribution in [0.5, 0.6) is 0 Å². The summed E-state index contributed by atoms with van der Waals surface area (Å²) in [5.74, 6) is 3.22. The van der Waals surface area contributed by atoms with E-state index in [4.69, 9.17) is 16.0 Å². The first-order valence-corrected chi connectivity index (χ1v) is 6.32. The van der Waals surface area contributed by atoms with Gasteiger partial charge in [0, 0.05) is 12.5 Å². The van der Waals surface area contributed by atoms with E-state index < -0.39 is 0 Å². The lowest BCUT2D eigenvalue weighted by molar-refractivity contribution is 0.466. The van der Waals surface area contributed by atoms with Crippen LogP contribution in [0.1, 0.15) is 37.2 Å². The van der Waals surface area contributed by atoms with E-state index in [0.29, 0.717) is 11.0 Å². The molecule has 0 saturated carbocycles. The van der Waals surface area contributed by atoms with Crippen LogP contribution in [0.15, 0.2) is 22.6 Å². The van der Waals surface area contributed by atoms with Gasteiger partial charge in [0.15, 0.2) is 0 Å². The zero-order chi connectivity index (χ0) is 13.1. The Bertz CT molecular complexity index is 539. The highest BCUT2D eigenvalue weighted by atomic mass is 35.5. The van der Waals surface area contributed by atoms with Crippen molar-refractivity contribution < 1.29 is 4.42 Å². The maximum Gasteiger partial charge on any atom is 0.134 e. The molecule has 0 radical (unpaired) electrons. The van der Waals surface area contributed by atoms with Crippen LogP contribution in [0.4, 0.5) is 5.82 Å². The van der Waals surface area contributed by atoms with Gasteiger partial charge >= 0.3 is 0 Å². The second-order valence-corrected chi connectivity index (χ2v) is 4.55. The Kier molecular flexibility index (Phi) is 3.87. The van der Waals surface area contributed by atoms with Gasteiger partial charge in [0.05, 0.1) is 6.04 Å². The van der Waals surface area contributed by atoms with Crippen molar-refractivity contribution in [2.24, 2.45) is 0 Å². The van der Waals surface area contributed by atoms with Gasteiger partial charge in [-0.15, -0.1) is 0 Å². The van der Waals surface area contributed by atoms with Crippen LogP contribution < -0.4 is 5.32 Å². The Morgan fingerprint density at radius 2 is 2.17 bits per heavy atom. The molecule has 0 aromatic carbocycles. The minimum absolute atomic E-state index is 0.0365. The smallest absolute Gasteiger partial charge is 0.134 e. The first-order chi connectivity index (χ1) is 8.58. The lowest BCUT2D eigenvalue weighted by Crippen LogP contribution is -2.08. The molecular weight excluding hydrogens is 250 g/mol. The second kappa shape index (κ2) is 5.40. The van der Waals surface area contributed by atoms with Crippen LogP contribution in [0, 0.1) is 6.92 Å². The molecule has 2 aromatic rings. The van der Waals surface area contributed by atoms with E-state index in [1.165, 1.54) is 0 Å². The zero-order valence-corrected chi connectivity index (χ0v) is 11.5. The maximum atomic E-state index is 5.95. The van der Waals surface area contributed by atoms with Crippen molar-refractivity contribution >= 4 is 17.4 Å². The van der Waals surface area contributed by atoms with Gasteiger partial charge < -0.3 is 9.73 Å². The van der Waals surface area contributed by atoms with Crippen LogP contribution in [0.3, 0.4) is 0 Å². The molecule has 1 N–H and O–H groups in total.